The van der Waals surface area contributed by atoms with Crippen molar-refractivity contribution in [2.45, 2.75) is 20.4 Å². The molecule has 1 fully saturated rings. The van der Waals surface area contributed by atoms with Crippen molar-refractivity contribution in [3.63, 3.8) is 0 Å². The van der Waals surface area contributed by atoms with Crippen molar-refractivity contribution in [3.05, 3.63) is 53.1 Å². The first-order chi connectivity index (χ1) is 13.5. The van der Waals surface area contributed by atoms with Gasteiger partial charge in [0.05, 0.1) is 23.9 Å². The van der Waals surface area contributed by atoms with Crippen LogP contribution in [-0.2, 0) is 6.54 Å². The number of nitrogens with zero attached hydrogens (tertiary/aromatic N) is 2. The molecule has 7 heteroatoms. The van der Waals surface area contributed by atoms with Crippen LogP contribution in [0.2, 0.25) is 0 Å². The van der Waals surface area contributed by atoms with Crippen molar-refractivity contribution in [2.75, 3.05) is 37.2 Å². The predicted molar refractivity (Wildman–Crippen MR) is 110 cm³/mol. The Balaban J connectivity index is 1.55. The molecule has 3 heterocycles. The Labute approximate surface area is 163 Å². The van der Waals surface area contributed by atoms with E-state index in [4.69, 9.17) is 10.2 Å². The zero-order valence-corrected chi connectivity index (χ0v) is 16.2. The number of hydrogen-bond donors (Lipinski definition) is 3. The fourth-order valence-electron chi connectivity index (χ4n) is 3.52. The van der Waals surface area contributed by atoms with Gasteiger partial charge in [-0.1, -0.05) is 0 Å². The SMILES string of the molecule is Cc1nc2ccc(NC(=O)c3ccoc3CN3CCNCC3)cc2c(N)c1C. The van der Waals surface area contributed by atoms with Crippen LogP contribution in [0.3, 0.4) is 0 Å². The number of hydrogen-bond acceptors (Lipinski definition) is 6. The normalized spacial score (nSPS) is 15.1. The Bertz CT molecular complexity index is 1020. The third-order valence-electron chi connectivity index (χ3n) is 5.35. The van der Waals surface area contributed by atoms with Gasteiger partial charge in [-0.25, -0.2) is 0 Å². The maximum absolute atomic E-state index is 12.8. The summed E-state index contributed by atoms with van der Waals surface area (Å²) in [6.45, 7) is 8.32. The number of benzene rings is 1. The van der Waals surface area contributed by atoms with E-state index in [-0.39, 0.29) is 5.91 Å². The molecule has 0 atom stereocenters. The number of nitrogens with one attached hydrogen (secondary N) is 2. The summed E-state index contributed by atoms with van der Waals surface area (Å²) in [4.78, 5) is 19.7. The van der Waals surface area contributed by atoms with E-state index in [0.717, 1.165) is 48.3 Å². The van der Waals surface area contributed by atoms with Gasteiger partial charge in [0.15, 0.2) is 0 Å². The van der Waals surface area contributed by atoms with E-state index in [1.807, 2.05) is 32.0 Å². The van der Waals surface area contributed by atoms with Crippen LogP contribution in [0.4, 0.5) is 11.4 Å². The minimum atomic E-state index is -0.186. The summed E-state index contributed by atoms with van der Waals surface area (Å²) in [5.41, 5.74) is 10.9. The van der Waals surface area contributed by atoms with E-state index in [1.165, 1.54) is 0 Å². The number of carbonyl (C=O) groups excluding carboxylic acids is 1. The van der Waals surface area contributed by atoms with Crippen molar-refractivity contribution in [3.8, 4) is 0 Å². The summed E-state index contributed by atoms with van der Waals surface area (Å²) in [6, 6.07) is 7.32. The summed E-state index contributed by atoms with van der Waals surface area (Å²) in [6.07, 6.45) is 1.57. The molecule has 2 aromatic heterocycles. The smallest absolute Gasteiger partial charge is 0.259 e. The van der Waals surface area contributed by atoms with Crippen LogP contribution in [0, 0.1) is 13.8 Å². The molecule has 3 aromatic rings. The molecule has 7 nitrogen and oxygen atoms in total. The first kappa shape index (κ1) is 18.5. The maximum Gasteiger partial charge on any atom is 0.259 e. The molecule has 0 spiro atoms. The molecule has 1 aliphatic heterocycles. The van der Waals surface area contributed by atoms with Crippen LogP contribution < -0.4 is 16.4 Å². The summed E-state index contributed by atoms with van der Waals surface area (Å²) >= 11 is 0. The number of carbonyl (C=O) groups is 1. The molecular formula is C21H25N5O2. The third-order valence-corrected chi connectivity index (χ3v) is 5.35. The Kier molecular flexibility index (Phi) is 5.02. The second kappa shape index (κ2) is 7.61. The standard InChI is InChI=1S/C21H25N5O2/c1-13-14(2)24-18-4-3-15(11-17(18)20(13)22)25-21(27)16-5-10-28-19(16)12-26-8-6-23-7-9-26/h3-5,10-11,23H,6-9,12H2,1-2H3,(H2,22,24)(H,25,27). The van der Waals surface area contributed by atoms with E-state index in [9.17, 15) is 4.79 Å². The fourth-order valence-corrected chi connectivity index (χ4v) is 3.52. The first-order valence-corrected chi connectivity index (χ1v) is 9.50. The van der Waals surface area contributed by atoms with Gasteiger partial charge in [-0.3, -0.25) is 14.7 Å². The third kappa shape index (κ3) is 3.58. The van der Waals surface area contributed by atoms with Crippen LogP contribution in [0.15, 0.2) is 34.9 Å². The Morgan fingerprint density at radius 1 is 1.29 bits per heavy atom. The molecule has 1 amide bonds. The molecule has 0 saturated carbocycles. The van der Waals surface area contributed by atoms with Gasteiger partial charge in [-0.15, -0.1) is 0 Å². The van der Waals surface area contributed by atoms with Crippen molar-refractivity contribution in [1.29, 1.82) is 0 Å². The predicted octanol–water partition coefficient (Wildman–Crippen LogP) is 2.68. The van der Waals surface area contributed by atoms with Gasteiger partial charge < -0.3 is 20.8 Å². The largest absolute Gasteiger partial charge is 0.467 e. The first-order valence-electron chi connectivity index (χ1n) is 9.50. The molecule has 1 aliphatic rings. The number of rotatable bonds is 4. The van der Waals surface area contributed by atoms with Crippen molar-refractivity contribution in [2.24, 2.45) is 0 Å². The molecular weight excluding hydrogens is 354 g/mol. The molecule has 4 N–H and O–H groups in total. The average Bonchev–Trinajstić information content (AvgIpc) is 3.16. The zero-order valence-electron chi connectivity index (χ0n) is 16.2. The molecule has 28 heavy (non-hydrogen) atoms. The summed E-state index contributed by atoms with van der Waals surface area (Å²) in [7, 11) is 0. The minimum Gasteiger partial charge on any atom is -0.467 e. The van der Waals surface area contributed by atoms with Gasteiger partial charge in [0.25, 0.3) is 5.91 Å². The molecule has 0 bridgehead atoms. The van der Waals surface area contributed by atoms with Gasteiger partial charge in [0.2, 0.25) is 0 Å². The lowest BCUT2D eigenvalue weighted by molar-refractivity contribution is 0.102. The topological polar surface area (TPSA) is 96.4 Å². The number of nitrogen functional groups attached to an aromatic ring is 1. The van der Waals surface area contributed by atoms with Crippen LogP contribution in [-0.4, -0.2) is 42.0 Å². The fraction of sp³-hybridized carbons (Fsp3) is 0.333. The number of piperazine rings is 1. The highest BCUT2D eigenvalue weighted by atomic mass is 16.3. The number of pyridine rings is 1. The van der Waals surface area contributed by atoms with E-state index in [2.05, 4.69) is 20.5 Å². The molecule has 0 radical (unpaired) electrons. The van der Waals surface area contributed by atoms with Gasteiger partial charge >= 0.3 is 0 Å². The number of nitrogens with two attached hydrogens (primary N) is 1. The van der Waals surface area contributed by atoms with Crippen molar-refractivity contribution < 1.29 is 9.21 Å². The quantitative estimate of drug-likeness (QED) is 0.645. The number of aromatic nitrogens is 1. The molecule has 0 unspecified atom stereocenters. The summed E-state index contributed by atoms with van der Waals surface area (Å²) < 4.78 is 5.59. The molecule has 1 saturated heterocycles. The Morgan fingerprint density at radius 3 is 2.86 bits per heavy atom. The Hall–Kier alpha value is -2.90. The lowest BCUT2D eigenvalue weighted by atomic mass is 10.1. The van der Waals surface area contributed by atoms with Gasteiger partial charge in [-0.05, 0) is 43.7 Å². The second-order valence-electron chi connectivity index (χ2n) is 7.21. The van der Waals surface area contributed by atoms with Crippen LogP contribution in [0.5, 0.6) is 0 Å². The van der Waals surface area contributed by atoms with E-state index < -0.39 is 0 Å². The van der Waals surface area contributed by atoms with Crippen molar-refractivity contribution in [1.82, 2.24) is 15.2 Å². The number of furan rings is 1. The zero-order chi connectivity index (χ0) is 19.7. The number of amides is 1. The molecule has 4 rings (SSSR count). The number of anilines is 2. The summed E-state index contributed by atoms with van der Waals surface area (Å²) in [5, 5.41) is 7.13. The minimum absolute atomic E-state index is 0.186. The van der Waals surface area contributed by atoms with Crippen molar-refractivity contribution >= 4 is 28.2 Å². The second-order valence-corrected chi connectivity index (χ2v) is 7.21. The Morgan fingerprint density at radius 2 is 2.07 bits per heavy atom. The van der Waals surface area contributed by atoms with E-state index >= 15 is 0 Å². The molecule has 146 valence electrons. The highest BCUT2D eigenvalue weighted by molar-refractivity contribution is 6.06. The average molecular weight is 379 g/mol. The molecule has 1 aromatic carbocycles. The van der Waals surface area contributed by atoms with Gasteiger partial charge in [0.1, 0.15) is 5.76 Å². The lowest BCUT2D eigenvalue weighted by Crippen LogP contribution is -2.43. The monoisotopic (exact) mass is 379 g/mol. The number of fused-ring (bicyclic) bond motifs is 1. The number of aryl methyl sites for hydroxylation is 1. The van der Waals surface area contributed by atoms with E-state index in [0.29, 0.717) is 29.2 Å². The molecule has 0 aliphatic carbocycles. The lowest BCUT2D eigenvalue weighted by Gasteiger charge is -2.26. The highest BCUT2D eigenvalue weighted by Crippen LogP contribution is 2.28. The van der Waals surface area contributed by atoms with Gasteiger partial charge in [0, 0.05) is 48.6 Å². The highest BCUT2D eigenvalue weighted by Gasteiger charge is 2.19. The van der Waals surface area contributed by atoms with Crippen LogP contribution in [0.25, 0.3) is 10.9 Å². The van der Waals surface area contributed by atoms with E-state index in [1.54, 1.807) is 12.3 Å². The van der Waals surface area contributed by atoms with Crippen LogP contribution >= 0.6 is 0 Å². The van der Waals surface area contributed by atoms with Crippen LogP contribution in [0.1, 0.15) is 27.4 Å². The van der Waals surface area contributed by atoms with Gasteiger partial charge in [-0.2, -0.15) is 0 Å². The maximum atomic E-state index is 12.8. The summed E-state index contributed by atoms with van der Waals surface area (Å²) in [5.74, 6) is 0.501.